The van der Waals surface area contributed by atoms with Crippen LogP contribution >= 0.6 is 0 Å². The summed E-state index contributed by atoms with van der Waals surface area (Å²) < 4.78 is 0. The Hall–Kier alpha value is -1.30. The molecule has 0 aliphatic carbocycles. The van der Waals surface area contributed by atoms with Crippen molar-refractivity contribution in [3.8, 4) is 0 Å². The van der Waals surface area contributed by atoms with Gasteiger partial charge in [0.05, 0.1) is 6.54 Å². The van der Waals surface area contributed by atoms with Gasteiger partial charge in [-0.1, -0.05) is 13.8 Å². The molecule has 1 amide bonds. The first-order chi connectivity index (χ1) is 10.7. The molecule has 1 fully saturated rings. The quantitative estimate of drug-likeness (QED) is 0.522. The molecule has 6 nitrogen and oxygen atoms in total. The minimum absolute atomic E-state index is 0.0286. The summed E-state index contributed by atoms with van der Waals surface area (Å²) in [7, 11) is 1.72. The first kappa shape index (κ1) is 19.7. The zero-order chi connectivity index (χ0) is 17.5. The second kappa shape index (κ2) is 9.11. The highest BCUT2D eigenvalue weighted by molar-refractivity contribution is 5.86. The predicted octanol–water partition coefficient (Wildman–Crippen LogP) is 1.04. The molecule has 3 N–H and O–H groups in total. The lowest BCUT2D eigenvalue weighted by Crippen LogP contribution is -2.49. The van der Waals surface area contributed by atoms with Crippen molar-refractivity contribution in [3.05, 3.63) is 0 Å². The molecule has 1 aliphatic heterocycles. The minimum atomic E-state index is -0.211. The molecule has 1 saturated heterocycles. The van der Waals surface area contributed by atoms with Crippen LogP contribution in [-0.2, 0) is 4.79 Å². The van der Waals surface area contributed by atoms with Gasteiger partial charge in [-0.05, 0) is 39.0 Å². The number of nitrogens with one attached hydrogen (secondary N) is 3. The predicted molar refractivity (Wildman–Crippen MR) is 96.6 cm³/mol. The first-order valence-corrected chi connectivity index (χ1v) is 8.67. The number of carbonyl (C=O) groups excluding carboxylic acids is 1. The van der Waals surface area contributed by atoms with E-state index >= 15 is 0 Å². The van der Waals surface area contributed by atoms with Crippen molar-refractivity contribution >= 4 is 11.9 Å². The van der Waals surface area contributed by atoms with Crippen molar-refractivity contribution in [2.45, 2.75) is 46.6 Å². The van der Waals surface area contributed by atoms with E-state index in [0.29, 0.717) is 5.96 Å². The lowest BCUT2D eigenvalue weighted by Gasteiger charge is -2.35. The van der Waals surface area contributed by atoms with E-state index in [9.17, 15) is 4.79 Å². The lowest BCUT2D eigenvalue weighted by atomic mass is 9.92. The number of guanidine groups is 1. The Labute approximate surface area is 141 Å². The SMILES string of the molecule is CN=C(NCCN1CC(C)CC(C)C1)NCC(=O)NC(C)(C)C. The molecule has 0 radical (unpaired) electrons. The van der Waals surface area contributed by atoms with Crippen molar-refractivity contribution in [2.24, 2.45) is 16.8 Å². The second-order valence-electron chi connectivity index (χ2n) is 7.86. The van der Waals surface area contributed by atoms with E-state index < -0.39 is 0 Å². The monoisotopic (exact) mass is 325 g/mol. The molecule has 134 valence electrons. The molecule has 23 heavy (non-hydrogen) atoms. The molecule has 6 heteroatoms. The van der Waals surface area contributed by atoms with E-state index in [0.717, 1.165) is 24.9 Å². The van der Waals surface area contributed by atoms with Crippen LogP contribution in [0.4, 0.5) is 0 Å². The maximum Gasteiger partial charge on any atom is 0.239 e. The summed E-state index contributed by atoms with van der Waals surface area (Å²) in [4.78, 5) is 18.5. The topological polar surface area (TPSA) is 68.8 Å². The van der Waals surface area contributed by atoms with Crippen LogP contribution in [0.15, 0.2) is 4.99 Å². The van der Waals surface area contributed by atoms with Gasteiger partial charge in [0, 0.05) is 38.8 Å². The van der Waals surface area contributed by atoms with Crippen LogP contribution in [-0.4, -0.2) is 62.1 Å². The number of carbonyl (C=O) groups is 1. The number of aliphatic imine (C=N–C) groups is 1. The molecular weight excluding hydrogens is 290 g/mol. The summed E-state index contributed by atoms with van der Waals surface area (Å²) >= 11 is 0. The normalized spacial score (nSPS) is 23.5. The van der Waals surface area contributed by atoms with Crippen LogP contribution in [0.2, 0.25) is 0 Å². The molecule has 2 atom stereocenters. The third-order valence-electron chi connectivity index (χ3n) is 3.82. The third kappa shape index (κ3) is 8.79. The average Bonchev–Trinajstić information content (AvgIpc) is 2.39. The first-order valence-electron chi connectivity index (χ1n) is 8.67. The molecular formula is C17H35N5O. The molecule has 0 aromatic carbocycles. The largest absolute Gasteiger partial charge is 0.355 e. The molecule has 0 saturated carbocycles. The highest BCUT2D eigenvalue weighted by Crippen LogP contribution is 2.20. The fourth-order valence-electron chi connectivity index (χ4n) is 3.15. The van der Waals surface area contributed by atoms with E-state index in [1.165, 1.54) is 19.5 Å². The number of piperidine rings is 1. The molecule has 2 unspecified atom stereocenters. The molecule has 1 aliphatic rings. The smallest absolute Gasteiger partial charge is 0.239 e. The van der Waals surface area contributed by atoms with Crippen molar-refractivity contribution in [1.82, 2.24) is 20.9 Å². The van der Waals surface area contributed by atoms with E-state index in [2.05, 4.69) is 39.7 Å². The Kier molecular flexibility index (Phi) is 7.82. The lowest BCUT2D eigenvalue weighted by molar-refractivity contribution is -0.121. The van der Waals surface area contributed by atoms with Crippen molar-refractivity contribution < 1.29 is 4.79 Å². The summed E-state index contributed by atoms with van der Waals surface area (Å²) in [5.41, 5.74) is -0.211. The van der Waals surface area contributed by atoms with Crippen LogP contribution in [0, 0.1) is 11.8 Å². The Bertz CT molecular complexity index is 392. The average molecular weight is 326 g/mol. The standard InChI is InChI=1S/C17H35N5O/c1-13-9-14(2)12-22(11-13)8-7-19-16(18-6)20-10-15(23)21-17(3,4)5/h13-14H,7-12H2,1-6H3,(H,21,23)(H2,18,19,20). The van der Waals surface area contributed by atoms with Crippen LogP contribution in [0.1, 0.15) is 41.0 Å². The molecule has 0 bridgehead atoms. The Morgan fingerprint density at radius 1 is 1.17 bits per heavy atom. The van der Waals surface area contributed by atoms with Gasteiger partial charge in [0.25, 0.3) is 0 Å². The maximum atomic E-state index is 11.8. The van der Waals surface area contributed by atoms with Gasteiger partial charge in [0.2, 0.25) is 5.91 Å². The van der Waals surface area contributed by atoms with E-state index in [1.54, 1.807) is 7.05 Å². The van der Waals surface area contributed by atoms with Crippen molar-refractivity contribution in [1.29, 1.82) is 0 Å². The summed E-state index contributed by atoms with van der Waals surface area (Å²) in [6.07, 6.45) is 1.33. The molecule has 1 rings (SSSR count). The van der Waals surface area contributed by atoms with Crippen LogP contribution in [0.25, 0.3) is 0 Å². The fraction of sp³-hybridized carbons (Fsp3) is 0.882. The summed E-state index contributed by atoms with van der Waals surface area (Å²) in [5, 5.41) is 9.26. The van der Waals surface area contributed by atoms with Crippen LogP contribution in [0.3, 0.4) is 0 Å². The zero-order valence-corrected chi connectivity index (χ0v) is 15.7. The summed E-state index contributed by atoms with van der Waals surface area (Å²) in [5.74, 6) is 2.20. The number of rotatable bonds is 5. The number of hydrogen-bond donors (Lipinski definition) is 3. The van der Waals surface area contributed by atoms with E-state index in [4.69, 9.17) is 0 Å². The third-order valence-corrected chi connectivity index (χ3v) is 3.82. The van der Waals surface area contributed by atoms with Gasteiger partial charge < -0.3 is 20.9 Å². The zero-order valence-electron chi connectivity index (χ0n) is 15.7. The van der Waals surface area contributed by atoms with E-state index in [1.807, 2.05) is 20.8 Å². The van der Waals surface area contributed by atoms with Gasteiger partial charge >= 0.3 is 0 Å². The Balaban J connectivity index is 2.25. The van der Waals surface area contributed by atoms with Crippen LogP contribution in [0.5, 0.6) is 0 Å². The molecule has 0 aromatic rings. The Morgan fingerprint density at radius 2 is 1.78 bits per heavy atom. The second-order valence-corrected chi connectivity index (χ2v) is 7.86. The highest BCUT2D eigenvalue weighted by atomic mass is 16.2. The van der Waals surface area contributed by atoms with Crippen molar-refractivity contribution in [3.63, 3.8) is 0 Å². The Morgan fingerprint density at radius 3 is 2.30 bits per heavy atom. The van der Waals surface area contributed by atoms with Gasteiger partial charge in [-0.15, -0.1) is 0 Å². The number of likely N-dealkylation sites (tertiary alicyclic amines) is 1. The maximum absolute atomic E-state index is 11.8. The summed E-state index contributed by atoms with van der Waals surface area (Å²) in [6, 6.07) is 0. The highest BCUT2D eigenvalue weighted by Gasteiger charge is 2.21. The summed E-state index contributed by atoms with van der Waals surface area (Å²) in [6.45, 7) is 15.0. The molecule has 1 heterocycles. The van der Waals surface area contributed by atoms with Gasteiger partial charge in [-0.3, -0.25) is 9.79 Å². The van der Waals surface area contributed by atoms with Crippen LogP contribution < -0.4 is 16.0 Å². The van der Waals surface area contributed by atoms with Gasteiger partial charge in [-0.2, -0.15) is 0 Å². The number of amides is 1. The van der Waals surface area contributed by atoms with Crippen molar-refractivity contribution in [2.75, 3.05) is 39.8 Å². The van der Waals surface area contributed by atoms with Gasteiger partial charge in [-0.25, -0.2) is 0 Å². The molecule has 0 spiro atoms. The number of hydrogen-bond acceptors (Lipinski definition) is 3. The minimum Gasteiger partial charge on any atom is -0.355 e. The number of nitrogens with zero attached hydrogens (tertiary/aromatic N) is 2. The van der Waals surface area contributed by atoms with Gasteiger partial charge in [0.1, 0.15) is 0 Å². The fourth-order valence-corrected chi connectivity index (χ4v) is 3.15. The van der Waals surface area contributed by atoms with E-state index in [-0.39, 0.29) is 18.0 Å². The van der Waals surface area contributed by atoms with Gasteiger partial charge in [0.15, 0.2) is 5.96 Å². The molecule has 0 aromatic heterocycles.